The van der Waals surface area contributed by atoms with Crippen molar-refractivity contribution >= 4 is 51.8 Å². The number of carbonyl (C=O) groups excluding carboxylic acids is 2. The molecule has 1 aromatic heterocycles. The number of aromatic amines is 1. The van der Waals surface area contributed by atoms with Gasteiger partial charge in [0.15, 0.2) is 0 Å². The zero-order valence-electron chi connectivity index (χ0n) is 22.9. The molecule has 0 saturated carbocycles. The van der Waals surface area contributed by atoms with Gasteiger partial charge in [-0.2, -0.15) is 13.2 Å². The summed E-state index contributed by atoms with van der Waals surface area (Å²) in [4.78, 5) is 34.2. The number of nitrogens with one attached hydrogen (secondary N) is 4. The van der Waals surface area contributed by atoms with Gasteiger partial charge in [0, 0.05) is 22.9 Å². The van der Waals surface area contributed by atoms with Crippen molar-refractivity contribution in [3.63, 3.8) is 0 Å². The van der Waals surface area contributed by atoms with E-state index in [-0.39, 0.29) is 16.8 Å². The molecule has 0 atom stereocenters. The number of halogens is 4. The second-order valence-electron chi connectivity index (χ2n) is 9.57. The number of aromatic nitrogens is 2. The van der Waals surface area contributed by atoms with Crippen molar-refractivity contribution in [3.8, 4) is 5.75 Å². The Morgan fingerprint density at radius 1 is 0.930 bits per heavy atom. The van der Waals surface area contributed by atoms with Gasteiger partial charge in [0.1, 0.15) is 11.3 Å². The van der Waals surface area contributed by atoms with Gasteiger partial charge in [-0.3, -0.25) is 9.59 Å². The quantitative estimate of drug-likeness (QED) is 0.145. The molecule has 43 heavy (non-hydrogen) atoms. The molecule has 8 nitrogen and oxygen atoms in total. The highest BCUT2D eigenvalue weighted by Gasteiger charge is 2.35. The molecular weight excluding hydrogens is 583 g/mol. The Morgan fingerprint density at radius 2 is 1.65 bits per heavy atom. The summed E-state index contributed by atoms with van der Waals surface area (Å²) in [6.07, 6.45) is -4.73. The first-order valence-corrected chi connectivity index (χ1v) is 13.4. The molecule has 0 radical (unpaired) electrons. The Balaban J connectivity index is 1.49. The van der Waals surface area contributed by atoms with Gasteiger partial charge in [-0.1, -0.05) is 41.9 Å². The first kappa shape index (κ1) is 29.5. The van der Waals surface area contributed by atoms with Crippen molar-refractivity contribution in [2.45, 2.75) is 19.6 Å². The Labute approximate surface area is 249 Å². The van der Waals surface area contributed by atoms with E-state index >= 15 is 0 Å². The van der Waals surface area contributed by atoms with Gasteiger partial charge in [-0.25, -0.2) is 4.98 Å². The number of amides is 2. The van der Waals surface area contributed by atoms with E-state index in [4.69, 9.17) is 16.3 Å². The van der Waals surface area contributed by atoms with E-state index in [1.807, 2.05) is 24.3 Å². The van der Waals surface area contributed by atoms with E-state index in [0.29, 0.717) is 40.0 Å². The van der Waals surface area contributed by atoms with Gasteiger partial charge in [0.2, 0.25) is 5.95 Å². The lowest BCUT2D eigenvalue weighted by molar-refractivity contribution is -0.137. The number of benzene rings is 4. The fraction of sp³-hybridized carbons (Fsp3) is 0.129. The molecule has 0 spiro atoms. The van der Waals surface area contributed by atoms with Crippen LogP contribution in [-0.2, 0) is 12.7 Å². The molecule has 0 unspecified atom stereocenters. The van der Waals surface area contributed by atoms with E-state index in [1.165, 1.54) is 24.3 Å². The minimum atomic E-state index is -4.73. The Bertz CT molecular complexity index is 1820. The van der Waals surface area contributed by atoms with Crippen molar-refractivity contribution in [2.75, 3.05) is 23.1 Å². The van der Waals surface area contributed by atoms with Crippen molar-refractivity contribution in [3.05, 3.63) is 112 Å². The number of carbonyl (C=O) groups is 2. The van der Waals surface area contributed by atoms with Gasteiger partial charge in [0.05, 0.1) is 29.3 Å². The van der Waals surface area contributed by atoms with Crippen molar-refractivity contribution < 1.29 is 27.5 Å². The van der Waals surface area contributed by atoms with E-state index in [9.17, 15) is 22.8 Å². The predicted octanol–water partition coefficient (Wildman–Crippen LogP) is 7.67. The molecule has 0 aliphatic carbocycles. The number of hydrogen-bond acceptors (Lipinski definition) is 5. The second kappa shape index (κ2) is 12.1. The summed E-state index contributed by atoms with van der Waals surface area (Å²) >= 11 is 6.22. The Morgan fingerprint density at radius 3 is 2.37 bits per heavy atom. The number of fused-ring (bicyclic) bond motifs is 1. The molecule has 0 aliphatic rings. The number of imidazole rings is 1. The first-order chi connectivity index (χ1) is 20.5. The lowest BCUT2D eigenvalue weighted by Crippen LogP contribution is -2.19. The monoisotopic (exact) mass is 607 g/mol. The molecule has 0 bridgehead atoms. The van der Waals surface area contributed by atoms with Gasteiger partial charge in [0.25, 0.3) is 11.8 Å². The maximum absolute atomic E-state index is 13.6. The minimum absolute atomic E-state index is 0.0741. The highest BCUT2D eigenvalue weighted by molar-refractivity contribution is 6.31. The lowest BCUT2D eigenvalue weighted by atomic mass is 10.1. The van der Waals surface area contributed by atoms with Gasteiger partial charge < -0.3 is 25.7 Å². The number of H-pyrrole nitrogens is 1. The van der Waals surface area contributed by atoms with E-state index < -0.39 is 29.1 Å². The molecule has 220 valence electrons. The summed E-state index contributed by atoms with van der Waals surface area (Å²) in [5.41, 5.74) is 1.23. The predicted molar refractivity (Wildman–Crippen MR) is 160 cm³/mol. The molecule has 1 heterocycles. The third kappa shape index (κ3) is 6.57. The van der Waals surface area contributed by atoms with Crippen LogP contribution in [0.1, 0.15) is 37.4 Å². The second-order valence-corrected chi connectivity index (χ2v) is 9.98. The average Bonchev–Trinajstić information content (AvgIpc) is 3.40. The highest BCUT2D eigenvalue weighted by atomic mass is 35.5. The molecule has 4 aromatic carbocycles. The van der Waals surface area contributed by atoms with Gasteiger partial charge in [-0.15, -0.1) is 0 Å². The molecule has 2 amide bonds. The third-order valence-electron chi connectivity index (χ3n) is 6.70. The number of alkyl halides is 3. The van der Waals surface area contributed by atoms with Crippen LogP contribution in [0, 0.1) is 6.92 Å². The number of rotatable bonds is 8. The zero-order valence-corrected chi connectivity index (χ0v) is 23.7. The van der Waals surface area contributed by atoms with Crippen LogP contribution in [0.15, 0.2) is 78.9 Å². The number of ether oxygens (including phenoxy) is 1. The van der Waals surface area contributed by atoms with Crippen LogP contribution >= 0.6 is 11.6 Å². The fourth-order valence-corrected chi connectivity index (χ4v) is 4.61. The molecule has 0 fully saturated rings. The fourth-order valence-electron chi connectivity index (χ4n) is 4.43. The SMILES string of the molecule is COc1ccc(CNc2nc3c(C(=O)Nc4cccc(Cl)c4C)cc(NC(=O)c4ccccc4C(F)(F)F)cc3[nH]2)cc1. The molecule has 5 rings (SSSR count). The molecule has 12 heteroatoms. The molecule has 5 aromatic rings. The van der Waals surface area contributed by atoms with Crippen LogP contribution < -0.4 is 20.7 Å². The zero-order chi connectivity index (χ0) is 30.7. The standard InChI is InChI=1S/C31H25ClF3N5O3/c1-17-24(32)8-5-9-25(17)38-29(42)22-14-19(37-28(41)21-6-3-4-7-23(21)31(33,34)35)15-26-27(22)40-30(39-26)36-16-18-10-12-20(43-2)13-11-18/h3-15H,16H2,1-2H3,(H,37,41)(H,38,42)(H2,36,39,40). The van der Waals surface area contributed by atoms with Crippen LogP contribution in [0.2, 0.25) is 5.02 Å². The van der Waals surface area contributed by atoms with Crippen molar-refractivity contribution in [1.29, 1.82) is 0 Å². The summed E-state index contributed by atoms with van der Waals surface area (Å²) in [5.74, 6) is -0.493. The lowest BCUT2D eigenvalue weighted by Gasteiger charge is -2.14. The van der Waals surface area contributed by atoms with E-state index in [2.05, 4.69) is 25.9 Å². The van der Waals surface area contributed by atoms with Crippen LogP contribution in [0.4, 0.5) is 30.5 Å². The van der Waals surface area contributed by atoms with Gasteiger partial charge >= 0.3 is 6.18 Å². The third-order valence-corrected chi connectivity index (χ3v) is 7.11. The summed E-state index contributed by atoms with van der Waals surface area (Å²) in [6.45, 7) is 2.14. The summed E-state index contributed by atoms with van der Waals surface area (Å²) in [7, 11) is 1.58. The molecule has 0 aliphatic heterocycles. The number of nitrogens with zero attached hydrogens (tertiary/aromatic N) is 1. The van der Waals surface area contributed by atoms with Crippen molar-refractivity contribution in [1.82, 2.24) is 9.97 Å². The maximum Gasteiger partial charge on any atom is 0.417 e. The van der Waals surface area contributed by atoms with Crippen LogP contribution in [0.3, 0.4) is 0 Å². The van der Waals surface area contributed by atoms with Crippen LogP contribution in [0.5, 0.6) is 5.75 Å². The topological polar surface area (TPSA) is 108 Å². The molecule has 0 saturated heterocycles. The highest BCUT2D eigenvalue weighted by Crippen LogP contribution is 2.33. The maximum atomic E-state index is 13.6. The van der Waals surface area contributed by atoms with Crippen molar-refractivity contribution in [2.24, 2.45) is 0 Å². The van der Waals surface area contributed by atoms with Gasteiger partial charge in [-0.05, 0) is 66.6 Å². The first-order valence-electron chi connectivity index (χ1n) is 13.0. The molecular formula is C31H25ClF3N5O3. The molecule has 4 N–H and O–H groups in total. The minimum Gasteiger partial charge on any atom is -0.497 e. The number of hydrogen-bond donors (Lipinski definition) is 4. The smallest absolute Gasteiger partial charge is 0.417 e. The largest absolute Gasteiger partial charge is 0.497 e. The average molecular weight is 608 g/mol. The Kier molecular flexibility index (Phi) is 8.27. The van der Waals surface area contributed by atoms with Crippen LogP contribution in [-0.4, -0.2) is 28.9 Å². The summed E-state index contributed by atoms with van der Waals surface area (Å²) in [6, 6.07) is 19.8. The Hall–Kier alpha value is -5.03. The summed E-state index contributed by atoms with van der Waals surface area (Å²) < 4.78 is 45.9. The van der Waals surface area contributed by atoms with E-state index in [0.717, 1.165) is 17.7 Å². The summed E-state index contributed by atoms with van der Waals surface area (Å²) in [5, 5.41) is 8.93. The van der Waals surface area contributed by atoms with Crippen LogP contribution in [0.25, 0.3) is 11.0 Å². The normalized spacial score (nSPS) is 11.3. The number of methoxy groups -OCH3 is 1. The number of anilines is 3. The van der Waals surface area contributed by atoms with E-state index in [1.54, 1.807) is 32.2 Å².